The number of anilines is 1. The second-order valence-corrected chi connectivity index (χ2v) is 4.94. The molecule has 2 heterocycles. The molecule has 1 N–H and O–H groups in total. The van der Waals surface area contributed by atoms with Crippen LogP contribution in [0, 0.1) is 17.0 Å². The number of carbonyl (C=O) groups excluding carboxylic acids is 1. The number of rotatable bonds is 7. The molecule has 2 aromatic heterocycles. The summed E-state index contributed by atoms with van der Waals surface area (Å²) in [5.41, 5.74) is 0.249. The molecule has 0 saturated heterocycles. The second kappa shape index (κ2) is 7.29. The molecular weight excluding hydrogens is 349 g/mol. The van der Waals surface area contributed by atoms with Crippen LogP contribution in [0.15, 0.2) is 18.6 Å². The van der Waals surface area contributed by atoms with Gasteiger partial charge in [-0.1, -0.05) is 0 Å². The fourth-order valence-corrected chi connectivity index (χ4v) is 1.87. The molecular formula is C12H13F3N6O4. The van der Waals surface area contributed by atoms with Crippen molar-refractivity contribution in [2.75, 3.05) is 11.9 Å². The van der Waals surface area contributed by atoms with Crippen LogP contribution in [0.5, 0.6) is 0 Å². The third-order valence-corrected chi connectivity index (χ3v) is 2.97. The molecule has 0 fully saturated rings. The summed E-state index contributed by atoms with van der Waals surface area (Å²) in [4.78, 5) is 22.0. The predicted octanol–water partition coefficient (Wildman–Crippen LogP) is 1.47. The molecule has 0 unspecified atom stereocenters. The Hall–Kier alpha value is -2.96. The minimum Gasteiger partial charge on any atom is -0.350 e. The van der Waals surface area contributed by atoms with Crippen LogP contribution in [0.1, 0.15) is 5.69 Å². The molecule has 0 aliphatic carbocycles. The van der Waals surface area contributed by atoms with Crippen molar-refractivity contribution in [1.29, 1.82) is 0 Å². The van der Waals surface area contributed by atoms with Crippen LogP contribution in [0.3, 0.4) is 0 Å². The van der Waals surface area contributed by atoms with Gasteiger partial charge in [0.15, 0.2) is 0 Å². The van der Waals surface area contributed by atoms with E-state index in [-0.39, 0.29) is 23.6 Å². The lowest BCUT2D eigenvalue weighted by Gasteiger charge is -2.07. The van der Waals surface area contributed by atoms with Crippen LogP contribution in [0.2, 0.25) is 0 Å². The fraction of sp³-hybridized carbons (Fsp3) is 0.417. The molecule has 2 aromatic rings. The first-order chi connectivity index (χ1) is 11.7. The number of hydrogen-bond acceptors (Lipinski definition) is 6. The summed E-state index contributed by atoms with van der Waals surface area (Å²) in [6.07, 6.45) is -0.882. The number of nitrogens with zero attached hydrogens (tertiary/aromatic N) is 5. The highest BCUT2D eigenvalue weighted by Gasteiger charge is 2.27. The first kappa shape index (κ1) is 18.4. The average Bonchev–Trinajstić information content (AvgIpc) is 3.05. The van der Waals surface area contributed by atoms with Crippen LogP contribution in [0.25, 0.3) is 0 Å². The molecule has 0 bridgehead atoms. The summed E-state index contributed by atoms with van der Waals surface area (Å²) in [6.45, 7) is -0.657. The molecule has 0 spiro atoms. The minimum atomic E-state index is -4.44. The summed E-state index contributed by atoms with van der Waals surface area (Å²) in [6, 6.07) is 0. The lowest BCUT2D eigenvalue weighted by atomic mass is 10.4. The topological polar surface area (TPSA) is 117 Å². The van der Waals surface area contributed by atoms with Crippen LogP contribution in [-0.4, -0.2) is 43.2 Å². The molecule has 13 heteroatoms. The van der Waals surface area contributed by atoms with Gasteiger partial charge >= 0.3 is 11.9 Å². The van der Waals surface area contributed by atoms with Gasteiger partial charge < -0.3 is 10.1 Å². The number of hydrogen-bond donors (Lipinski definition) is 1. The standard InChI is InChI=1S/C12H13F3N6O4/c1-8-10(21(23)24)3-17-20(8)5-11(22)18-9-2-16-19(4-9)7-25-6-12(13,14)15/h2-4H,5-7H2,1H3,(H,18,22). The molecule has 0 atom stereocenters. The zero-order valence-corrected chi connectivity index (χ0v) is 12.9. The van der Waals surface area contributed by atoms with Crippen LogP contribution in [0.4, 0.5) is 24.5 Å². The van der Waals surface area contributed by atoms with E-state index in [1.54, 1.807) is 0 Å². The van der Waals surface area contributed by atoms with Crippen molar-refractivity contribution in [2.24, 2.45) is 0 Å². The van der Waals surface area contributed by atoms with E-state index in [4.69, 9.17) is 0 Å². The van der Waals surface area contributed by atoms with Gasteiger partial charge in [0.05, 0.1) is 23.0 Å². The highest BCUT2D eigenvalue weighted by Crippen LogP contribution is 2.16. The summed E-state index contributed by atoms with van der Waals surface area (Å²) >= 11 is 0. The SMILES string of the molecule is Cc1c([N+](=O)[O-])cnn1CC(=O)Nc1cnn(COCC(F)(F)F)c1. The van der Waals surface area contributed by atoms with E-state index < -0.39 is 30.3 Å². The van der Waals surface area contributed by atoms with Crippen LogP contribution in [-0.2, 0) is 22.8 Å². The van der Waals surface area contributed by atoms with E-state index in [1.165, 1.54) is 19.3 Å². The Kier molecular flexibility index (Phi) is 5.36. The Balaban J connectivity index is 1.88. The third kappa shape index (κ3) is 5.27. The normalized spacial score (nSPS) is 11.5. The van der Waals surface area contributed by atoms with Crippen molar-refractivity contribution in [1.82, 2.24) is 19.6 Å². The Morgan fingerprint density at radius 3 is 2.72 bits per heavy atom. The maximum Gasteiger partial charge on any atom is 0.411 e. The van der Waals surface area contributed by atoms with Gasteiger partial charge in [-0.25, -0.2) is 4.68 Å². The minimum absolute atomic E-state index is 0.206. The van der Waals surface area contributed by atoms with E-state index in [2.05, 4.69) is 20.3 Å². The quantitative estimate of drug-likeness (QED) is 0.589. The van der Waals surface area contributed by atoms with Gasteiger partial charge in [-0.05, 0) is 6.92 Å². The van der Waals surface area contributed by atoms with Crippen molar-refractivity contribution in [3.05, 3.63) is 34.4 Å². The van der Waals surface area contributed by atoms with Gasteiger partial charge in [0.2, 0.25) is 5.91 Å². The summed E-state index contributed by atoms with van der Waals surface area (Å²) in [5, 5.41) is 20.7. The molecule has 10 nitrogen and oxygen atoms in total. The predicted molar refractivity (Wildman–Crippen MR) is 76.5 cm³/mol. The molecule has 136 valence electrons. The van der Waals surface area contributed by atoms with E-state index in [9.17, 15) is 28.1 Å². The average molecular weight is 362 g/mol. The van der Waals surface area contributed by atoms with Crippen molar-refractivity contribution < 1.29 is 27.6 Å². The Morgan fingerprint density at radius 2 is 2.12 bits per heavy atom. The highest BCUT2D eigenvalue weighted by molar-refractivity contribution is 5.90. The zero-order valence-electron chi connectivity index (χ0n) is 12.9. The zero-order chi connectivity index (χ0) is 18.6. The highest BCUT2D eigenvalue weighted by atomic mass is 19.4. The van der Waals surface area contributed by atoms with E-state index in [0.29, 0.717) is 0 Å². The third-order valence-electron chi connectivity index (χ3n) is 2.97. The number of amides is 1. The molecule has 25 heavy (non-hydrogen) atoms. The van der Waals surface area contributed by atoms with E-state index in [0.717, 1.165) is 15.6 Å². The Bertz CT molecular complexity index is 769. The van der Waals surface area contributed by atoms with Gasteiger partial charge in [0.25, 0.3) is 0 Å². The second-order valence-electron chi connectivity index (χ2n) is 4.94. The maximum atomic E-state index is 12.0. The summed E-state index contributed by atoms with van der Waals surface area (Å²) in [5.74, 6) is -0.531. The van der Waals surface area contributed by atoms with Gasteiger partial charge in [-0.15, -0.1) is 0 Å². The van der Waals surface area contributed by atoms with Crippen molar-refractivity contribution >= 4 is 17.3 Å². The number of alkyl halides is 3. The van der Waals surface area contributed by atoms with Gasteiger partial charge in [-0.3, -0.25) is 19.6 Å². The first-order valence-electron chi connectivity index (χ1n) is 6.79. The Morgan fingerprint density at radius 1 is 1.40 bits per heavy atom. The number of aromatic nitrogens is 4. The lowest BCUT2D eigenvalue weighted by Crippen LogP contribution is -2.20. The largest absolute Gasteiger partial charge is 0.411 e. The summed E-state index contributed by atoms with van der Waals surface area (Å²) in [7, 11) is 0. The van der Waals surface area contributed by atoms with E-state index >= 15 is 0 Å². The monoisotopic (exact) mass is 362 g/mol. The molecule has 2 rings (SSSR count). The van der Waals surface area contributed by atoms with Crippen molar-refractivity contribution in [2.45, 2.75) is 26.4 Å². The smallest absolute Gasteiger partial charge is 0.350 e. The van der Waals surface area contributed by atoms with Gasteiger partial charge in [0.1, 0.15) is 31.8 Å². The van der Waals surface area contributed by atoms with Gasteiger partial charge in [0, 0.05) is 0 Å². The number of nitro groups is 1. The van der Waals surface area contributed by atoms with E-state index in [1.807, 2.05) is 0 Å². The molecule has 0 aromatic carbocycles. The number of ether oxygens (including phenoxy) is 1. The lowest BCUT2D eigenvalue weighted by molar-refractivity contribution is -0.385. The van der Waals surface area contributed by atoms with Crippen molar-refractivity contribution in [3.8, 4) is 0 Å². The molecule has 0 saturated carbocycles. The fourth-order valence-electron chi connectivity index (χ4n) is 1.87. The molecule has 0 aliphatic heterocycles. The Labute approximate surface area is 138 Å². The van der Waals surface area contributed by atoms with Crippen LogP contribution >= 0.6 is 0 Å². The maximum absolute atomic E-state index is 12.0. The number of nitrogens with one attached hydrogen (secondary N) is 1. The molecule has 1 amide bonds. The van der Waals surface area contributed by atoms with Gasteiger partial charge in [-0.2, -0.15) is 23.4 Å². The molecule has 0 aliphatic rings. The number of halogens is 3. The van der Waals surface area contributed by atoms with Crippen molar-refractivity contribution in [3.63, 3.8) is 0 Å². The molecule has 0 radical (unpaired) electrons. The number of carbonyl (C=O) groups is 1. The first-order valence-corrected chi connectivity index (χ1v) is 6.79. The van der Waals surface area contributed by atoms with Crippen LogP contribution < -0.4 is 5.32 Å². The summed E-state index contributed by atoms with van der Waals surface area (Å²) < 4.78 is 42.6.